The smallest absolute Gasteiger partial charge is 0.321 e. The van der Waals surface area contributed by atoms with Gasteiger partial charge in [-0.2, -0.15) is 0 Å². The maximum atomic E-state index is 11.2. The molecule has 16 heavy (non-hydrogen) atoms. The number of carbonyl (C=O) groups excluding carboxylic acids is 2. The number of amides is 3. The zero-order valence-electron chi connectivity index (χ0n) is 8.75. The summed E-state index contributed by atoms with van der Waals surface area (Å²) in [4.78, 5) is 27.3. The number of aryl methyl sites for hydroxylation is 1. The van der Waals surface area contributed by atoms with Crippen molar-refractivity contribution in [3.63, 3.8) is 0 Å². The highest BCUT2D eigenvalue weighted by Crippen LogP contribution is 2.10. The van der Waals surface area contributed by atoms with Gasteiger partial charge in [0.15, 0.2) is 0 Å². The first kappa shape index (κ1) is 12.9. The summed E-state index contributed by atoms with van der Waals surface area (Å²) in [6, 6.07) is -0.511. The number of aromatic nitrogens is 1. The lowest BCUT2D eigenvalue weighted by molar-refractivity contribution is -0.119. The Morgan fingerprint density at radius 1 is 1.56 bits per heavy atom. The van der Waals surface area contributed by atoms with Gasteiger partial charge in [-0.15, -0.1) is 22.9 Å². The minimum atomic E-state index is -0.511. The van der Waals surface area contributed by atoms with E-state index in [1.165, 1.54) is 11.3 Å². The zero-order chi connectivity index (χ0) is 12.0. The number of nitrogens with one attached hydrogen (secondary N) is 2. The molecule has 5 nitrogen and oxygen atoms in total. The second-order valence-corrected chi connectivity index (χ2v) is 4.35. The second-order valence-electron chi connectivity index (χ2n) is 3.03. The van der Waals surface area contributed by atoms with Gasteiger partial charge in [0.25, 0.3) is 0 Å². The third kappa shape index (κ3) is 4.16. The molecule has 1 aromatic rings. The molecular weight excluding hydrogens is 250 g/mol. The molecule has 0 bridgehead atoms. The number of thiazole rings is 1. The highest BCUT2D eigenvalue weighted by Gasteiger charge is 2.07. The minimum absolute atomic E-state index is 0.133. The average Bonchev–Trinajstić information content (AvgIpc) is 2.61. The third-order valence-electron chi connectivity index (χ3n) is 1.83. The number of imide groups is 1. The molecule has 7 heteroatoms. The predicted molar refractivity (Wildman–Crippen MR) is 62.6 cm³/mol. The summed E-state index contributed by atoms with van der Waals surface area (Å²) in [5, 5.41) is 4.75. The highest BCUT2D eigenvalue weighted by atomic mass is 35.5. The fraction of sp³-hybridized carbons (Fsp3) is 0.444. The topological polar surface area (TPSA) is 71.1 Å². The van der Waals surface area contributed by atoms with Crippen LogP contribution in [0.15, 0.2) is 5.51 Å². The number of halogens is 1. The van der Waals surface area contributed by atoms with Crippen molar-refractivity contribution in [2.45, 2.75) is 19.9 Å². The van der Waals surface area contributed by atoms with Crippen LogP contribution in [0.1, 0.15) is 17.0 Å². The van der Waals surface area contributed by atoms with Crippen molar-refractivity contribution in [3.05, 3.63) is 16.1 Å². The first-order valence-electron chi connectivity index (χ1n) is 4.66. The molecule has 0 aliphatic heterocycles. The van der Waals surface area contributed by atoms with E-state index in [-0.39, 0.29) is 18.2 Å². The van der Waals surface area contributed by atoms with Crippen LogP contribution in [0.2, 0.25) is 0 Å². The summed E-state index contributed by atoms with van der Waals surface area (Å²) in [5.74, 6) is -0.180. The normalized spacial score (nSPS) is 9.88. The molecule has 0 spiro atoms. The van der Waals surface area contributed by atoms with E-state index >= 15 is 0 Å². The average molecular weight is 262 g/mol. The fourth-order valence-electron chi connectivity index (χ4n) is 0.976. The van der Waals surface area contributed by atoms with Crippen molar-refractivity contribution >= 4 is 34.9 Å². The standard InChI is InChI=1S/C9H12ClN3O2S/c1-6-7(16-5-12-6)4-11-9(15)13-8(14)2-3-10/h5H,2-4H2,1H3,(H2,11,13,14,15). The lowest BCUT2D eigenvalue weighted by atomic mass is 10.4. The van der Waals surface area contributed by atoms with Gasteiger partial charge in [-0.25, -0.2) is 9.78 Å². The van der Waals surface area contributed by atoms with Crippen molar-refractivity contribution in [1.29, 1.82) is 0 Å². The van der Waals surface area contributed by atoms with Gasteiger partial charge < -0.3 is 5.32 Å². The van der Waals surface area contributed by atoms with Crippen LogP contribution in [0.25, 0.3) is 0 Å². The monoisotopic (exact) mass is 261 g/mol. The molecule has 0 radical (unpaired) electrons. The number of carbonyl (C=O) groups is 2. The molecule has 1 rings (SSSR count). The van der Waals surface area contributed by atoms with E-state index in [0.717, 1.165) is 10.6 Å². The van der Waals surface area contributed by atoms with Gasteiger partial charge in [0.2, 0.25) is 5.91 Å². The predicted octanol–water partition coefficient (Wildman–Crippen LogP) is 1.41. The Morgan fingerprint density at radius 2 is 2.31 bits per heavy atom. The third-order valence-corrected chi connectivity index (χ3v) is 2.95. The summed E-state index contributed by atoms with van der Waals surface area (Å²) >= 11 is 6.82. The molecule has 0 aromatic carbocycles. The minimum Gasteiger partial charge on any atom is -0.333 e. The number of hydrogen-bond donors (Lipinski definition) is 2. The Hall–Kier alpha value is -1.14. The number of nitrogens with zero attached hydrogens (tertiary/aromatic N) is 1. The molecular formula is C9H12ClN3O2S. The molecule has 0 saturated heterocycles. The van der Waals surface area contributed by atoms with E-state index in [1.54, 1.807) is 5.51 Å². The van der Waals surface area contributed by atoms with E-state index in [0.29, 0.717) is 6.54 Å². The van der Waals surface area contributed by atoms with Gasteiger partial charge in [-0.05, 0) is 6.92 Å². The maximum absolute atomic E-state index is 11.2. The van der Waals surface area contributed by atoms with Crippen molar-refractivity contribution in [2.24, 2.45) is 0 Å². The van der Waals surface area contributed by atoms with Crippen LogP contribution >= 0.6 is 22.9 Å². The second kappa shape index (κ2) is 6.44. The van der Waals surface area contributed by atoms with Crippen LogP contribution in [0.3, 0.4) is 0 Å². The van der Waals surface area contributed by atoms with E-state index in [4.69, 9.17) is 11.6 Å². The van der Waals surface area contributed by atoms with Gasteiger partial charge in [0.05, 0.1) is 17.7 Å². The van der Waals surface area contributed by atoms with Crippen molar-refractivity contribution in [3.8, 4) is 0 Å². The quantitative estimate of drug-likeness (QED) is 0.805. The lowest BCUT2D eigenvalue weighted by Gasteiger charge is -2.04. The molecule has 0 aliphatic rings. The van der Waals surface area contributed by atoms with Crippen molar-refractivity contribution < 1.29 is 9.59 Å². The van der Waals surface area contributed by atoms with Crippen LogP contribution in [0, 0.1) is 6.92 Å². The summed E-state index contributed by atoms with van der Waals surface area (Å²) in [7, 11) is 0. The molecule has 0 unspecified atom stereocenters. The Balaban J connectivity index is 2.31. The van der Waals surface area contributed by atoms with Crippen LogP contribution < -0.4 is 10.6 Å². The molecule has 0 aliphatic carbocycles. The first-order chi connectivity index (χ1) is 7.63. The number of rotatable bonds is 4. The first-order valence-corrected chi connectivity index (χ1v) is 6.07. The Morgan fingerprint density at radius 3 is 2.88 bits per heavy atom. The van der Waals surface area contributed by atoms with E-state index in [9.17, 15) is 9.59 Å². The molecule has 0 fully saturated rings. The van der Waals surface area contributed by atoms with Gasteiger partial charge >= 0.3 is 6.03 Å². The Bertz CT molecular complexity index is 381. The van der Waals surface area contributed by atoms with E-state index < -0.39 is 6.03 Å². The molecule has 88 valence electrons. The van der Waals surface area contributed by atoms with Crippen LogP contribution in [0.5, 0.6) is 0 Å². The van der Waals surface area contributed by atoms with Crippen LogP contribution in [-0.4, -0.2) is 22.8 Å². The number of alkyl halides is 1. The van der Waals surface area contributed by atoms with Gasteiger partial charge in [-0.3, -0.25) is 10.1 Å². The summed E-state index contributed by atoms with van der Waals surface area (Å²) < 4.78 is 0. The summed E-state index contributed by atoms with van der Waals surface area (Å²) in [6.45, 7) is 2.24. The maximum Gasteiger partial charge on any atom is 0.321 e. The molecule has 1 heterocycles. The number of urea groups is 1. The Labute approximate surface area is 102 Å². The largest absolute Gasteiger partial charge is 0.333 e. The van der Waals surface area contributed by atoms with Gasteiger partial charge in [0.1, 0.15) is 0 Å². The van der Waals surface area contributed by atoms with E-state index in [2.05, 4.69) is 15.6 Å². The molecule has 3 amide bonds. The van der Waals surface area contributed by atoms with Crippen molar-refractivity contribution in [1.82, 2.24) is 15.6 Å². The fourth-order valence-corrected chi connectivity index (χ4v) is 1.86. The Kier molecular flexibility index (Phi) is 5.21. The molecule has 0 saturated carbocycles. The van der Waals surface area contributed by atoms with Crippen LogP contribution in [0.4, 0.5) is 4.79 Å². The molecule has 2 N–H and O–H groups in total. The van der Waals surface area contributed by atoms with Crippen molar-refractivity contribution in [2.75, 3.05) is 5.88 Å². The highest BCUT2D eigenvalue weighted by molar-refractivity contribution is 7.09. The number of hydrogen-bond acceptors (Lipinski definition) is 4. The summed E-state index contributed by atoms with van der Waals surface area (Å²) in [6.07, 6.45) is 0.133. The van der Waals surface area contributed by atoms with Crippen LogP contribution in [-0.2, 0) is 11.3 Å². The molecule has 0 atom stereocenters. The molecule has 1 aromatic heterocycles. The zero-order valence-corrected chi connectivity index (χ0v) is 10.3. The summed E-state index contributed by atoms with van der Waals surface area (Å²) in [5.41, 5.74) is 2.60. The van der Waals surface area contributed by atoms with E-state index in [1.807, 2.05) is 6.92 Å². The van der Waals surface area contributed by atoms with Gasteiger partial charge in [-0.1, -0.05) is 0 Å². The van der Waals surface area contributed by atoms with Gasteiger partial charge in [0, 0.05) is 17.2 Å². The lowest BCUT2D eigenvalue weighted by Crippen LogP contribution is -2.39. The SMILES string of the molecule is Cc1ncsc1CNC(=O)NC(=O)CCCl.